The van der Waals surface area contributed by atoms with E-state index in [1.165, 1.54) is 19.1 Å². The minimum absolute atomic E-state index is 0.0151. The van der Waals surface area contributed by atoms with Gasteiger partial charge in [0, 0.05) is 18.2 Å². The van der Waals surface area contributed by atoms with Crippen molar-refractivity contribution in [2.24, 2.45) is 0 Å². The average molecular weight is 434 g/mol. The van der Waals surface area contributed by atoms with Crippen molar-refractivity contribution in [2.45, 2.75) is 27.4 Å². The molecule has 2 aromatic rings. The van der Waals surface area contributed by atoms with E-state index < -0.39 is 17.9 Å². The number of hydrogen-bond donors (Lipinski definition) is 2. The molecule has 0 saturated heterocycles. The Morgan fingerprint density at radius 2 is 1.53 bits per heavy atom. The molecule has 0 aliphatic heterocycles. The summed E-state index contributed by atoms with van der Waals surface area (Å²) in [6.45, 7) is 4.52. The Kier molecular flexibility index (Phi) is 7.93. The van der Waals surface area contributed by atoms with Gasteiger partial charge in [-0.3, -0.25) is 4.79 Å². The van der Waals surface area contributed by atoms with Gasteiger partial charge in [0.15, 0.2) is 0 Å². The Labute approximate surface area is 177 Å². The van der Waals surface area contributed by atoms with Gasteiger partial charge < -0.3 is 25.3 Å². The van der Waals surface area contributed by atoms with Crippen molar-refractivity contribution in [1.82, 2.24) is 0 Å². The van der Waals surface area contributed by atoms with E-state index in [4.69, 9.17) is 19.9 Å². The highest BCUT2D eigenvalue weighted by Gasteiger charge is 2.28. The topological polar surface area (TPSA) is 134 Å². The van der Waals surface area contributed by atoms with E-state index in [2.05, 4.69) is 5.32 Å². The van der Waals surface area contributed by atoms with Crippen LogP contribution in [0, 0.1) is 0 Å². The zero-order valence-electron chi connectivity index (χ0n) is 16.8. The smallest absolute Gasteiger partial charge is 0.348 e. The fraction of sp³-hybridized carbons (Fsp3) is 0.300. The molecule has 0 unspecified atom stereocenters. The van der Waals surface area contributed by atoms with E-state index in [1.54, 1.807) is 26.0 Å². The number of nitrogen functional groups attached to an aromatic ring is 1. The van der Waals surface area contributed by atoms with Crippen molar-refractivity contribution in [3.8, 4) is 0 Å². The number of hydrogen-bond acceptors (Lipinski definition) is 9. The zero-order chi connectivity index (χ0) is 22.3. The van der Waals surface area contributed by atoms with Gasteiger partial charge in [0.1, 0.15) is 22.0 Å². The number of nitrogens with one attached hydrogen (secondary N) is 1. The van der Waals surface area contributed by atoms with E-state index in [-0.39, 0.29) is 52.3 Å². The normalized spacial score (nSPS) is 10.2. The van der Waals surface area contributed by atoms with Crippen molar-refractivity contribution < 1.29 is 33.4 Å². The summed E-state index contributed by atoms with van der Waals surface area (Å²) in [6, 6.07) is 6.06. The van der Waals surface area contributed by atoms with E-state index in [9.17, 15) is 19.2 Å². The zero-order valence-corrected chi connectivity index (χ0v) is 17.6. The van der Waals surface area contributed by atoms with Crippen molar-refractivity contribution in [3.05, 3.63) is 45.8 Å². The lowest BCUT2D eigenvalue weighted by Gasteiger charge is -2.09. The molecule has 160 valence electrons. The summed E-state index contributed by atoms with van der Waals surface area (Å²) in [5.74, 6) is -2.31. The first-order chi connectivity index (χ1) is 14.3. The van der Waals surface area contributed by atoms with Crippen LogP contribution in [0.15, 0.2) is 24.3 Å². The molecule has 0 atom stereocenters. The lowest BCUT2D eigenvalue weighted by molar-refractivity contribution is -0.114. The summed E-state index contributed by atoms with van der Waals surface area (Å²) in [6.07, 6.45) is 0. The number of ether oxygens (including phenoxy) is 3. The molecule has 0 radical (unpaired) electrons. The molecule has 0 bridgehead atoms. The summed E-state index contributed by atoms with van der Waals surface area (Å²) >= 11 is 0.869. The van der Waals surface area contributed by atoms with Crippen LogP contribution in [0.2, 0.25) is 0 Å². The van der Waals surface area contributed by atoms with Crippen LogP contribution in [-0.2, 0) is 25.6 Å². The van der Waals surface area contributed by atoms with Crippen LogP contribution < -0.4 is 11.1 Å². The van der Waals surface area contributed by atoms with Gasteiger partial charge in [0.25, 0.3) is 0 Å². The molecule has 30 heavy (non-hydrogen) atoms. The van der Waals surface area contributed by atoms with Crippen LogP contribution in [0.4, 0.5) is 10.7 Å². The van der Waals surface area contributed by atoms with Crippen LogP contribution in [0.25, 0.3) is 0 Å². The number of nitrogens with two attached hydrogens (primary N) is 1. The highest BCUT2D eigenvalue weighted by molar-refractivity contribution is 7.18. The van der Waals surface area contributed by atoms with Crippen LogP contribution >= 0.6 is 11.3 Å². The number of thiophene rings is 1. The van der Waals surface area contributed by atoms with Crippen molar-refractivity contribution in [2.75, 3.05) is 24.3 Å². The SMILES string of the molecule is CCOC(=O)c1sc(N)c(C(=O)OCC)c1COC(=O)c1ccc(NC(C)=O)cc1. The number of amides is 1. The number of esters is 3. The molecule has 3 N–H and O–H groups in total. The van der Waals surface area contributed by atoms with Crippen LogP contribution in [0.5, 0.6) is 0 Å². The summed E-state index contributed by atoms with van der Waals surface area (Å²) in [5.41, 5.74) is 6.79. The lowest BCUT2D eigenvalue weighted by atomic mass is 10.1. The first-order valence-electron chi connectivity index (χ1n) is 9.08. The molecule has 0 saturated carbocycles. The molecule has 1 amide bonds. The first kappa shape index (κ1) is 22.9. The van der Waals surface area contributed by atoms with Crippen molar-refractivity contribution in [3.63, 3.8) is 0 Å². The molecular formula is C20H22N2O7S. The van der Waals surface area contributed by atoms with Crippen LogP contribution in [0.1, 0.15) is 56.7 Å². The van der Waals surface area contributed by atoms with E-state index in [1.807, 2.05) is 0 Å². The van der Waals surface area contributed by atoms with Gasteiger partial charge >= 0.3 is 17.9 Å². The number of rotatable bonds is 8. The van der Waals surface area contributed by atoms with Crippen molar-refractivity contribution >= 4 is 45.8 Å². The minimum Gasteiger partial charge on any atom is -0.462 e. The molecule has 1 aromatic carbocycles. The monoisotopic (exact) mass is 434 g/mol. The Morgan fingerprint density at radius 3 is 2.10 bits per heavy atom. The third kappa shape index (κ3) is 5.57. The average Bonchev–Trinajstić information content (AvgIpc) is 3.03. The van der Waals surface area contributed by atoms with Gasteiger partial charge in [-0.05, 0) is 38.1 Å². The lowest BCUT2D eigenvalue weighted by Crippen LogP contribution is -2.14. The second-order valence-corrected chi connectivity index (χ2v) is 6.98. The molecule has 1 heterocycles. The molecule has 9 nitrogen and oxygen atoms in total. The molecule has 10 heteroatoms. The Balaban J connectivity index is 2.25. The van der Waals surface area contributed by atoms with Gasteiger partial charge in [-0.15, -0.1) is 11.3 Å². The maximum atomic E-state index is 12.4. The van der Waals surface area contributed by atoms with Gasteiger partial charge in [-0.1, -0.05) is 0 Å². The molecular weight excluding hydrogens is 412 g/mol. The number of carbonyl (C=O) groups excluding carboxylic acids is 4. The van der Waals surface area contributed by atoms with E-state index >= 15 is 0 Å². The fourth-order valence-corrected chi connectivity index (χ4v) is 3.48. The highest BCUT2D eigenvalue weighted by Crippen LogP contribution is 2.33. The van der Waals surface area contributed by atoms with E-state index in [0.29, 0.717) is 5.69 Å². The third-order valence-electron chi connectivity index (χ3n) is 3.76. The number of anilines is 2. The standard InChI is InChI=1S/C20H22N2O7S/c1-4-27-19(25)15-14(16(30-17(15)21)20(26)28-5-2)10-29-18(24)12-6-8-13(9-7-12)22-11(3)23/h6-9H,4-5,10,21H2,1-3H3,(H,22,23). The molecule has 0 aliphatic rings. The van der Waals surface area contributed by atoms with Gasteiger partial charge in [0.2, 0.25) is 5.91 Å². The first-order valence-corrected chi connectivity index (χ1v) is 9.90. The van der Waals surface area contributed by atoms with Gasteiger partial charge in [-0.25, -0.2) is 14.4 Å². The Morgan fingerprint density at radius 1 is 0.933 bits per heavy atom. The Bertz CT molecular complexity index is 951. The maximum absolute atomic E-state index is 12.4. The predicted molar refractivity (Wildman–Crippen MR) is 111 cm³/mol. The largest absolute Gasteiger partial charge is 0.462 e. The van der Waals surface area contributed by atoms with E-state index in [0.717, 1.165) is 11.3 Å². The summed E-state index contributed by atoms with van der Waals surface area (Å²) in [5, 5.41) is 2.66. The maximum Gasteiger partial charge on any atom is 0.348 e. The molecule has 1 aromatic heterocycles. The van der Waals surface area contributed by atoms with Gasteiger partial charge in [-0.2, -0.15) is 0 Å². The summed E-state index contributed by atoms with van der Waals surface area (Å²) in [7, 11) is 0. The second kappa shape index (κ2) is 10.4. The minimum atomic E-state index is -0.715. The molecule has 0 spiro atoms. The second-order valence-electron chi connectivity index (χ2n) is 5.92. The highest BCUT2D eigenvalue weighted by atomic mass is 32.1. The predicted octanol–water partition coefficient (Wildman–Crippen LogP) is 3.00. The van der Waals surface area contributed by atoms with Crippen LogP contribution in [-0.4, -0.2) is 37.0 Å². The van der Waals surface area contributed by atoms with Gasteiger partial charge in [0.05, 0.1) is 18.8 Å². The van der Waals surface area contributed by atoms with Crippen molar-refractivity contribution in [1.29, 1.82) is 0 Å². The summed E-state index contributed by atoms with van der Waals surface area (Å²) < 4.78 is 15.3. The molecule has 0 aliphatic carbocycles. The summed E-state index contributed by atoms with van der Waals surface area (Å²) in [4.78, 5) is 48.1. The molecule has 0 fully saturated rings. The fourth-order valence-electron chi connectivity index (χ4n) is 2.53. The quantitative estimate of drug-likeness (QED) is 0.478. The number of benzene rings is 1. The Hall–Kier alpha value is -3.40. The van der Waals surface area contributed by atoms with Crippen LogP contribution in [0.3, 0.4) is 0 Å². The number of carbonyl (C=O) groups is 4. The third-order valence-corrected chi connectivity index (χ3v) is 4.80. The molecule has 2 rings (SSSR count).